The van der Waals surface area contributed by atoms with E-state index in [1.54, 1.807) is 0 Å². The van der Waals surface area contributed by atoms with Crippen LogP contribution in [0.5, 0.6) is 0 Å². The predicted octanol–water partition coefficient (Wildman–Crippen LogP) is -0.115. The van der Waals surface area contributed by atoms with Crippen molar-refractivity contribution in [3.63, 3.8) is 0 Å². The molecule has 0 aromatic carbocycles. The minimum absolute atomic E-state index is 0.0356. The van der Waals surface area contributed by atoms with Gasteiger partial charge in [0.2, 0.25) is 0 Å². The van der Waals surface area contributed by atoms with Crippen LogP contribution in [0.4, 0.5) is 0 Å². The van der Waals surface area contributed by atoms with Gasteiger partial charge in [-0.3, -0.25) is 4.79 Å². The van der Waals surface area contributed by atoms with Crippen molar-refractivity contribution >= 4 is 16.2 Å². The third kappa shape index (κ3) is 5.85. The molecule has 0 aliphatic carbocycles. The number of hydrogen-bond donors (Lipinski definition) is 1. The van der Waals surface area contributed by atoms with E-state index in [1.165, 1.54) is 14.2 Å². The number of esters is 1. The molecule has 0 bridgehead atoms. The second-order valence-corrected chi connectivity index (χ2v) is 6.35. The van der Waals surface area contributed by atoms with Crippen molar-refractivity contribution in [3.05, 3.63) is 0 Å². The second-order valence-electron chi connectivity index (χ2n) is 4.49. The molecule has 7 nitrogen and oxygen atoms in total. The van der Waals surface area contributed by atoms with Crippen LogP contribution in [0.3, 0.4) is 0 Å². The molecule has 1 N–H and O–H groups in total. The standard InChI is InChI=1S/C11H22N2O5S/c1-13(7-6-11(14)17-2)19(15,16)12-9-10-5-3-4-8-18-10/h10,12H,3-9H2,1-2H3. The van der Waals surface area contributed by atoms with Crippen molar-refractivity contribution in [1.82, 2.24) is 9.03 Å². The molecule has 0 aromatic rings. The maximum atomic E-state index is 11.9. The van der Waals surface area contributed by atoms with Crippen molar-refractivity contribution in [2.75, 3.05) is 33.9 Å². The molecular formula is C11H22N2O5S. The molecule has 0 saturated carbocycles. The van der Waals surface area contributed by atoms with Crippen molar-refractivity contribution in [3.8, 4) is 0 Å². The zero-order chi connectivity index (χ0) is 14.3. The highest BCUT2D eigenvalue weighted by molar-refractivity contribution is 7.87. The maximum absolute atomic E-state index is 11.9. The SMILES string of the molecule is COC(=O)CCN(C)S(=O)(=O)NCC1CCCCO1. The lowest BCUT2D eigenvalue weighted by atomic mass is 10.1. The molecule has 1 rings (SSSR count). The fraction of sp³-hybridized carbons (Fsp3) is 0.909. The van der Waals surface area contributed by atoms with Crippen molar-refractivity contribution < 1.29 is 22.7 Å². The van der Waals surface area contributed by atoms with Crippen LogP contribution in [-0.2, 0) is 24.5 Å². The summed E-state index contributed by atoms with van der Waals surface area (Å²) in [6.45, 7) is 1.04. The van der Waals surface area contributed by atoms with Crippen molar-refractivity contribution in [1.29, 1.82) is 0 Å². The normalized spacial score (nSPS) is 20.5. The Hall–Kier alpha value is -0.700. The van der Waals surface area contributed by atoms with Crippen LogP contribution in [0.25, 0.3) is 0 Å². The van der Waals surface area contributed by atoms with Crippen LogP contribution in [0, 0.1) is 0 Å². The van der Waals surface area contributed by atoms with Crippen LogP contribution in [0.2, 0.25) is 0 Å². The highest BCUT2D eigenvalue weighted by Gasteiger charge is 2.21. The third-order valence-electron chi connectivity index (χ3n) is 3.04. The Morgan fingerprint density at radius 2 is 2.21 bits per heavy atom. The summed E-state index contributed by atoms with van der Waals surface area (Å²) in [5.74, 6) is -0.433. The van der Waals surface area contributed by atoms with E-state index >= 15 is 0 Å². The number of carbonyl (C=O) groups is 1. The highest BCUT2D eigenvalue weighted by Crippen LogP contribution is 2.12. The molecule has 1 fully saturated rings. The molecule has 1 atom stereocenters. The molecule has 1 aliphatic rings. The summed E-state index contributed by atoms with van der Waals surface area (Å²) in [6, 6.07) is 0. The first-order chi connectivity index (χ1) is 8.95. The van der Waals surface area contributed by atoms with Gasteiger partial charge in [-0.05, 0) is 19.3 Å². The lowest BCUT2D eigenvalue weighted by Crippen LogP contribution is -2.43. The molecule has 1 heterocycles. The van der Waals surface area contributed by atoms with Gasteiger partial charge in [0.05, 0.1) is 19.6 Å². The zero-order valence-corrected chi connectivity index (χ0v) is 12.2. The smallest absolute Gasteiger partial charge is 0.306 e. The molecule has 0 radical (unpaired) electrons. The van der Waals surface area contributed by atoms with E-state index in [-0.39, 0.29) is 25.6 Å². The number of hydrogen-bond acceptors (Lipinski definition) is 5. The van der Waals surface area contributed by atoms with Crippen LogP contribution < -0.4 is 4.72 Å². The lowest BCUT2D eigenvalue weighted by molar-refractivity contribution is -0.140. The molecule has 112 valence electrons. The molecule has 0 aromatic heterocycles. The number of ether oxygens (including phenoxy) is 2. The van der Waals surface area contributed by atoms with E-state index < -0.39 is 16.2 Å². The van der Waals surface area contributed by atoms with Gasteiger partial charge in [0.15, 0.2) is 0 Å². The Labute approximate surface area is 114 Å². The summed E-state index contributed by atoms with van der Waals surface area (Å²) < 4.78 is 37.3. The van der Waals surface area contributed by atoms with Gasteiger partial charge in [-0.15, -0.1) is 0 Å². The fourth-order valence-electron chi connectivity index (χ4n) is 1.75. The van der Waals surface area contributed by atoms with Crippen LogP contribution >= 0.6 is 0 Å². The summed E-state index contributed by atoms with van der Waals surface area (Å²) in [6.07, 6.45) is 2.94. The predicted molar refractivity (Wildman–Crippen MR) is 69.8 cm³/mol. The summed E-state index contributed by atoms with van der Waals surface area (Å²) in [4.78, 5) is 11.0. The van der Waals surface area contributed by atoms with E-state index in [9.17, 15) is 13.2 Å². The van der Waals surface area contributed by atoms with Gasteiger partial charge in [-0.25, -0.2) is 0 Å². The van der Waals surface area contributed by atoms with Gasteiger partial charge in [-0.2, -0.15) is 17.4 Å². The third-order valence-corrected chi connectivity index (χ3v) is 4.57. The van der Waals surface area contributed by atoms with Gasteiger partial charge in [0, 0.05) is 26.7 Å². The molecular weight excluding hydrogens is 272 g/mol. The Balaban J connectivity index is 2.34. The van der Waals surface area contributed by atoms with Gasteiger partial charge in [0.1, 0.15) is 0 Å². The molecule has 1 unspecified atom stereocenters. The van der Waals surface area contributed by atoms with Crippen LogP contribution in [0.1, 0.15) is 25.7 Å². The number of carbonyl (C=O) groups excluding carboxylic acids is 1. The molecule has 0 amide bonds. The first-order valence-corrected chi connectivity index (χ1v) is 7.79. The molecule has 8 heteroatoms. The monoisotopic (exact) mass is 294 g/mol. The summed E-state index contributed by atoms with van der Waals surface area (Å²) in [5, 5.41) is 0. The first kappa shape index (κ1) is 16.4. The van der Waals surface area contributed by atoms with Crippen LogP contribution in [-0.4, -0.2) is 58.7 Å². The quantitative estimate of drug-likeness (QED) is 0.662. The summed E-state index contributed by atoms with van der Waals surface area (Å²) in [5.41, 5.74) is 0. The minimum Gasteiger partial charge on any atom is -0.469 e. The minimum atomic E-state index is -3.57. The molecule has 1 aliphatic heterocycles. The fourth-order valence-corrected chi connectivity index (χ4v) is 2.70. The number of rotatable bonds is 7. The summed E-state index contributed by atoms with van der Waals surface area (Å²) >= 11 is 0. The van der Waals surface area contributed by atoms with Gasteiger partial charge < -0.3 is 9.47 Å². The number of nitrogens with one attached hydrogen (secondary N) is 1. The topological polar surface area (TPSA) is 84.9 Å². The van der Waals surface area contributed by atoms with Crippen LogP contribution in [0.15, 0.2) is 0 Å². The Bertz CT molecular complexity index is 379. The zero-order valence-electron chi connectivity index (χ0n) is 11.4. The average molecular weight is 294 g/mol. The number of methoxy groups -OCH3 is 1. The van der Waals surface area contributed by atoms with E-state index in [1.807, 2.05) is 0 Å². The molecule has 0 spiro atoms. The van der Waals surface area contributed by atoms with E-state index in [4.69, 9.17) is 4.74 Å². The summed E-state index contributed by atoms with van der Waals surface area (Å²) in [7, 11) is -0.871. The molecule has 19 heavy (non-hydrogen) atoms. The van der Waals surface area contributed by atoms with Gasteiger partial charge >= 0.3 is 5.97 Å². The van der Waals surface area contributed by atoms with Crippen molar-refractivity contribution in [2.24, 2.45) is 0 Å². The lowest BCUT2D eigenvalue weighted by Gasteiger charge is -2.24. The van der Waals surface area contributed by atoms with E-state index in [0.29, 0.717) is 6.61 Å². The molecule has 1 saturated heterocycles. The van der Waals surface area contributed by atoms with Gasteiger partial charge in [0.25, 0.3) is 10.2 Å². The Morgan fingerprint density at radius 1 is 1.47 bits per heavy atom. The highest BCUT2D eigenvalue weighted by atomic mass is 32.2. The Kier molecular flexibility index (Phi) is 6.70. The Morgan fingerprint density at radius 3 is 2.79 bits per heavy atom. The first-order valence-electron chi connectivity index (χ1n) is 6.35. The van der Waals surface area contributed by atoms with Gasteiger partial charge in [-0.1, -0.05) is 0 Å². The van der Waals surface area contributed by atoms with E-state index in [0.717, 1.165) is 23.6 Å². The second kappa shape index (κ2) is 7.78. The number of nitrogens with zero attached hydrogens (tertiary/aromatic N) is 1. The largest absolute Gasteiger partial charge is 0.469 e. The average Bonchev–Trinajstić information content (AvgIpc) is 2.43. The van der Waals surface area contributed by atoms with E-state index in [2.05, 4.69) is 9.46 Å². The maximum Gasteiger partial charge on any atom is 0.306 e. The van der Waals surface area contributed by atoms with Crippen molar-refractivity contribution in [2.45, 2.75) is 31.8 Å².